The zero-order chi connectivity index (χ0) is 15.6. The van der Waals surface area contributed by atoms with Gasteiger partial charge in [0.2, 0.25) is 10.0 Å². The summed E-state index contributed by atoms with van der Waals surface area (Å²) in [5.74, 6) is -0.576. The number of nitrogens with one attached hydrogen (secondary N) is 1. The first-order valence-electron chi connectivity index (χ1n) is 7.22. The molecule has 2 N–H and O–H groups in total. The van der Waals surface area contributed by atoms with Crippen LogP contribution in [0.3, 0.4) is 0 Å². The van der Waals surface area contributed by atoms with Crippen LogP contribution in [-0.4, -0.2) is 25.5 Å². The molecule has 1 aromatic carbocycles. The summed E-state index contributed by atoms with van der Waals surface area (Å²) in [6, 6.07) is 4.26. The van der Waals surface area contributed by atoms with E-state index < -0.39 is 16.0 Å². The van der Waals surface area contributed by atoms with E-state index in [-0.39, 0.29) is 16.5 Å². The smallest absolute Gasteiger partial charge is 0.336 e. The van der Waals surface area contributed by atoms with Crippen LogP contribution in [0.15, 0.2) is 23.1 Å². The van der Waals surface area contributed by atoms with Gasteiger partial charge in [0, 0.05) is 6.04 Å². The Labute approximate surface area is 125 Å². The molecule has 0 radical (unpaired) electrons. The van der Waals surface area contributed by atoms with Gasteiger partial charge in [0.05, 0.1) is 10.5 Å². The van der Waals surface area contributed by atoms with E-state index in [1.165, 1.54) is 12.1 Å². The number of hydrogen-bond acceptors (Lipinski definition) is 3. The first-order chi connectivity index (χ1) is 9.83. The second kappa shape index (κ2) is 6.15. The summed E-state index contributed by atoms with van der Waals surface area (Å²) in [5.41, 5.74) is 0.691. The molecule has 0 bridgehead atoms. The second-order valence-electron chi connectivity index (χ2n) is 5.71. The lowest BCUT2D eigenvalue weighted by molar-refractivity contribution is 0.0695. The highest BCUT2D eigenvalue weighted by Gasteiger charge is 2.27. The van der Waals surface area contributed by atoms with Gasteiger partial charge in [0.15, 0.2) is 0 Å². The van der Waals surface area contributed by atoms with E-state index in [9.17, 15) is 18.3 Å². The van der Waals surface area contributed by atoms with Gasteiger partial charge in [0.25, 0.3) is 0 Å². The number of hydrogen-bond donors (Lipinski definition) is 2. The SMILES string of the molecule is CCc1ccc(S(=O)(=O)NC2CCC(C)C2)cc1C(=O)O. The molecule has 0 aliphatic heterocycles. The van der Waals surface area contributed by atoms with Crippen LogP contribution in [0.5, 0.6) is 0 Å². The first kappa shape index (κ1) is 16.0. The van der Waals surface area contributed by atoms with Crippen molar-refractivity contribution in [1.82, 2.24) is 4.72 Å². The van der Waals surface area contributed by atoms with E-state index in [4.69, 9.17) is 0 Å². The number of carbonyl (C=O) groups is 1. The Kier molecular flexibility index (Phi) is 4.68. The summed E-state index contributed by atoms with van der Waals surface area (Å²) in [6.07, 6.45) is 3.23. The largest absolute Gasteiger partial charge is 0.478 e. The average molecular weight is 311 g/mol. The molecule has 21 heavy (non-hydrogen) atoms. The molecule has 1 aliphatic rings. The molecule has 0 saturated heterocycles. The highest BCUT2D eigenvalue weighted by atomic mass is 32.2. The van der Waals surface area contributed by atoms with Crippen LogP contribution in [-0.2, 0) is 16.4 Å². The van der Waals surface area contributed by atoms with Gasteiger partial charge in [-0.25, -0.2) is 17.9 Å². The predicted octanol–water partition coefficient (Wildman–Crippen LogP) is 2.41. The Morgan fingerprint density at radius 2 is 2.10 bits per heavy atom. The van der Waals surface area contributed by atoms with Crippen molar-refractivity contribution in [2.75, 3.05) is 0 Å². The van der Waals surface area contributed by atoms with Gasteiger partial charge < -0.3 is 5.11 Å². The molecule has 116 valence electrons. The van der Waals surface area contributed by atoms with Crippen LogP contribution < -0.4 is 4.72 Å². The fraction of sp³-hybridized carbons (Fsp3) is 0.533. The minimum Gasteiger partial charge on any atom is -0.478 e. The van der Waals surface area contributed by atoms with Crippen LogP contribution in [0.4, 0.5) is 0 Å². The minimum atomic E-state index is -3.66. The van der Waals surface area contributed by atoms with E-state index in [0.717, 1.165) is 19.3 Å². The maximum Gasteiger partial charge on any atom is 0.336 e. The molecule has 1 aromatic rings. The second-order valence-corrected chi connectivity index (χ2v) is 7.43. The zero-order valence-electron chi connectivity index (χ0n) is 12.3. The van der Waals surface area contributed by atoms with E-state index in [0.29, 0.717) is 17.9 Å². The number of rotatable bonds is 5. The fourth-order valence-electron chi connectivity index (χ4n) is 2.83. The van der Waals surface area contributed by atoms with E-state index >= 15 is 0 Å². The summed E-state index contributed by atoms with van der Waals surface area (Å²) in [6.45, 7) is 3.95. The van der Waals surface area contributed by atoms with Crippen LogP contribution in [0.1, 0.15) is 49.0 Å². The Bertz CT molecular complexity index is 639. The molecule has 1 fully saturated rings. The molecule has 0 spiro atoms. The molecule has 2 rings (SSSR count). The number of carboxylic acid groups (broad SMARTS) is 1. The van der Waals surface area contributed by atoms with Crippen LogP contribution in [0, 0.1) is 5.92 Å². The molecule has 6 heteroatoms. The molecule has 2 unspecified atom stereocenters. The van der Waals surface area contributed by atoms with Crippen molar-refractivity contribution in [1.29, 1.82) is 0 Å². The van der Waals surface area contributed by atoms with Crippen LogP contribution in [0.25, 0.3) is 0 Å². The highest BCUT2D eigenvalue weighted by molar-refractivity contribution is 7.89. The first-order valence-corrected chi connectivity index (χ1v) is 8.70. The van der Waals surface area contributed by atoms with Gasteiger partial charge in [-0.3, -0.25) is 0 Å². The molecule has 2 atom stereocenters. The monoisotopic (exact) mass is 311 g/mol. The van der Waals surface area contributed by atoms with Gasteiger partial charge >= 0.3 is 5.97 Å². The van der Waals surface area contributed by atoms with Gasteiger partial charge in [-0.2, -0.15) is 0 Å². The molecular weight excluding hydrogens is 290 g/mol. The van der Waals surface area contributed by atoms with Crippen molar-refractivity contribution in [2.24, 2.45) is 5.92 Å². The maximum atomic E-state index is 12.4. The molecule has 0 aromatic heterocycles. The van der Waals surface area contributed by atoms with E-state index in [1.54, 1.807) is 6.07 Å². The van der Waals surface area contributed by atoms with Gasteiger partial charge in [-0.1, -0.05) is 19.9 Å². The normalized spacial score (nSPS) is 22.4. The fourth-order valence-corrected chi connectivity index (χ4v) is 4.14. The third-order valence-corrected chi connectivity index (χ3v) is 5.54. The van der Waals surface area contributed by atoms with E-state index in [2.05, 4.69) is 11.6 Å². The van der Waals surface area contributed by atoms with Gasteiger partial charge in [-0.15, -0.1) is 0 Å². The minimum absolute atomic E-state index is 0.0247. The van der Waals surface area contributed by atoms with E-state index in [1.807, 2.05) is 6.92 Å². The standard InChI is InChI=1S/C15H21NO4S/c1-3-11-5-7-13(9-14(11)15(17)18)21(19,20)16-12-6-4-10(2)8-12/h5,7,9-10,12,16H,3-4,6,8H2,1-2H3,(H,17,18). The Balaban J connectivity index is 2.27. The number of aromatic carboxylic acids is 1. The van der Waals surface area contributed by atoms with Crippen molar-refractivity contribution in [3.8, 4) is 0 Å². The van der Waals surface area contributed by atoms with Crippen molar-refractivity contribution in [3.63, 3.8) is 0 Å². The van der Waals surface area contributed by atoms with Crippen molar-refractivity contribution in [3.05, 3.63) is 29.3 Å². The van der Waals surface area contributed by atoms with Crippen molar-refractivity contribution >= 4 is 16.0 Å². The number of aryl methyl sites for hydroxylation is 1. The molecule has 1 saturated carbocycles. The topological polar surface area (TPSA) is 83.5 Å². The molecule has 0 amide bonds. The predicted molar refractivity (Wildman–Crippen MR) is 79.9 cm³/mol. The quantitative estimate of drug-likeness (QED) is 0.874. The number of benzene rings is 1. The highest BCUT2D eigenvalue weighted by Crippen LogP contribution is 2.26. The van der Waals surface area contributed by atoms with Crippen molar-refractivity contribution < 1.29 is 18.3 Å². The average Bonchev–Trinajstić information content (AvgIpc) is 2.82. The summed E-state index contributed by atoms with van der Waals surface area (Å²) in [5, 5.41) is 9.19. The molecular formula is C15H21NO4S. The molecule has 5 nitrogen and oxygen atoms in total. The van der Waals surface area contributed by atoms with Crippen LogP contribution in [0.2, 0.25) is 0 Å². The lowest BCUT2D eigenvalue weighted by Gasteiger charge is -2.14. The van der Waals surface area contributed by atoms with Crippen LogP contribution >= 0.6 is 0 Å². The summed E-state index contributed by atoms with van der Waals surface area (Å²) in [7, 11) is -3.66. The van der Waals surface area contributed by atoms with Gasteiger partial charge in [0.1, 0.15) is 0 Å². The zero-order valence-corrected chi connectivity index (χ0v) is 13.1. The summed E-state index contributed by atoms with van der Waals surface area (Å²) < 4.78 is 27.4. The van der Waals surface area contributed by atoms with Gasteiger partial charge in [-0.05, 0) is 49.3 Å². The lowest BCUT2D eigenvalue weighted by Crippen LogP contribution is -2.33. The maximum absolute atomic E-state index is 12.4. The Morgan fingerprint density at radius 3 is 2.62 bits per heavy atom. The molecule has 1 aliphatic carbocycles. The number of carboxylic acids is 1. The third-order valence-electron chi connectivity index (χ3n) is 4.02. The Morgan fingerprint density at radius 1 is 1.38 bits per heavy atom. The van der Waals surface area contributed by atoms with Crippen molar-refractivity contribution in [2.45, 2.75) is 50.5 Å². The number of sulfonamides is 1. The lowest BCUT2D eigenvalue weighted by atomic mass is 10.1. The summed E-state index contributed by atoms with van der Waals surface area (Å²) >= 11 is 0. The summed E-state index contributed by atoms with van der Waals surface area (Å²) in [4.78, 5) is 11.3. The third kappa shape index (κ3) is 3.63. The Hall–Kier alpha value is -1.40. The molecule has 0 heterocycles.